The molecule has 1 fully saturated rings. The molecule has 0 unspecified atom stereocenters. The highest BCUT2D eigenvalue weighted by Crippen LogP contribution is 2.28. The first kappa shape index (κ1) is 26.4. The number of hydrogen-bond acceptors (Lipinski definition) is 7. The van der Waals surface area contributed by atoms with E-state index in [0.717, 1.165) is 0 Å². The van der Waals surface area contributed by atoms with Crippen LogP contribution in [0.25, 0.3) is 0 Å². The van der Waals surface area contributed by atoms with Crippen molar-refractivity contribution in [2.24, 2.45) is 0 Å². The highest BCUT2D eigenvalue weighted by atomic mass is 35.5. The molecule has 12 heteroatoms. The molecule has 1 saturated heterocycles. The van der Waals surface area contributed by atoms with Gasteiger partial charge in [0.1, 0.15) is 11.5 Å². The number of piperazine rings is 1. The van der Waals surface area contributed by atoms with Gasteiger partial charge in [-0.3, -0.25) is 9.52 Å². The summed E-state index contributed by atoms with van der Waals surface area (Å²) in [4.78, 5) is 27.3. The van der Waals surface area contributed by atoms with Crippen LogP contribution in [0, 0.1) is 0 Å². The first-order chi connectivity index (χ1) is 16.7. The third kappa shape index (κ3) is 7.15. The first-order valence-electron chi connectivity index (χ1n) is 11.1. The van der Waals surface area contributed by atoms with Crippen molar-refractivity contribution >= 4 is 39.3 Å². The molecule has 2 aromatic rings. The molecule has 1 heterocycles. The number of benzene rings is 2. The van der Waals surface area contributed by atoms with Crippen LogP contribution in [-0.4, -0.2) is 76.2 Å². The minimum absolute atomic E-state index is 0.0508. The summed E-state index contributed by atoms with van der Waals surface area (Å²) in [7, 11) is -3.89. The van der Waals surface area contributed by atoms with Crippen LogP contribution in [0.1, 0.15) is 13.8 Å². The lowest BCUT2D eigenvalue weighted by atomic mass is 10.3. The van der Waals surface area contributed by atoms with Crippen molar-refractivity contribution in [3.63, 3.8) is 0 Å². The molecule has 1 aliphatic heterocycles. The van der Waals surface area contributed by atoms with E-state index in [1.807, 2.05) is 6.92 Å². The molecule has 2 amide bonds. The van der Waals surface area contributed by atoms with E-state index in [9.17, 15) is 18.0 Å². The fourth-order valence-electron chi connectivity index (χ4n) is 3.35. The lowest BCUT2D eigenvalue weighted by molar-refractivity contribution is -0.134. The molecular formula is C23H28ClN3O7S. The average molecular weight is 526 g/mol. The number of ether oxygens (including phenoxy) is 3. The number of carbonyl (C=O) groups excluding carboxylic acids is 2. The molecule has 190 valence electrons. The Balaban J connectivity index is 1.55. The lowest BCUT2D eigenvalue weighted by Gasteiger charge is -2.34. The van der Waals surface area contributed by atoms with Crippen molar-refractivity contribution in [1.82, 2.24) is 9.80 Å². The van der Waals surface area contributed by atoms with E-state index in [-0.39, 0.29) is 28.2 Å². The Morgan fingerprint density at radius 1 is 0.943 bits per heavy atom. The van der Waals surface area contributed by atoms with Gasteiger partial charge in [0.05, 0.1) is 23.1 Å². The molecule has 2 aromatic carbocycles. The maximum atomic E-state index is 12.7. The molecule has 10 nitrogen and oxygen atoms in total. The summed E-state index contributed by atoms with van der Waals surface area (Å²) in [6.45, 7) is 5.61. The quantitative estimate of drug-likeness (QED) is 0.534. The molecule has 3 rings (SSSR count). The second-order valence-electron chi connectivity index (χ2n) is 7.51. The average Bonchev–Trinajstić information content (AvgIpc) is 2.84. The number of rotatable bonds is 9. The van der Waals surface area contributed by atoms with Gasteiger partial charge in [0, 0.05) is 31.9 Å². The van der Waals surface area contributed by atoms with Gasteiger partial charge in [0.15, 0.2) is 6.61 Å². The molecule has 0 atom stereocenters. The van der Waals surface area contributed by atoms with Gasteiger partial charge in [-0.2, -0.15) is 0 Å². The van der Waals surface area contributed by atoms with Crippen molar-refractivity contribution < 1.29 is 32.2 Å². The van der Waals surface area contributed by atoms with Gasteiger partial charge in [-0.1, -0.05) is 11.6 Å². The normalized spacial score (nSPS) is 13.8. The summed E-state index contributed by atoms with van der Waals surface area (Å²) in [6, 6.07) is 10.5. The van der Waals surface area contributed by atoms with Crippen LogP contribution in [0.3, 0.4) is 0 Å². The Hall–Kier alpha value is -3.18. The van der Waals surface area contributed by atoms with E-state index in [1.54, 1.807) is 41.0 Å². The Bertz CT molecular complexity index is 1130. The third-order valence-corrected chi connectivity index (χ3v) is 6.82. The van der Waals surface area contributed by atoms with E-state index in [4.69, 9.17) is 25.8 Å². The number of sulfonamides is 1. The molecule has 0 bridgehead atoms. The molecule has 0 saturated carbocycles. The third-order valence-electron chi connectivity index (χ3n) is 5.14. The number of amides is 2. The van der Waals surface area contributed by atoms with E-state index < -0.39 is 16.1 Å². The molecule has 0 aromatic heterocycles. The number of anilines is 1. The molecule has 0 radical (unpaired) electrons. The second-order valence-corrected chi connectivity index (χ2v) is 9.60. The fourth-order valence-corrected chi connectivity index (χ4v) is 4.73. The number of nitrogens with zero attached hydrogens (tertiary/aromatic N) is 2. The topological polar surface area (TPSA) is 114 Å². The molecule has 0 aliphatic carbocycles. The van der Waals surface area contributed by atoms with Gasteiger partial charge in [-0.15, -0.1) is 0 Å². The summed E-state index contributed by atoms with van der Waals surface area (Å²) in [5.41, 5.74) is 0.374. The van der Waals surface area contributed by atoms with Crippen LogP contribution in [0.2, 0.25) is 5.02 Å². The van der Waals surface area contributed by atoms with Crippen LogP contribution < -0.4 is 14.2 Å². The van der Waals surface area contributed by atoms with Gasteiger partial charge in [0.25, 0.3) is 15.9 Å². The first-order valence-corrected chi connectivity index (χ1v) is 13.0. The van der Waals surface area contributed by atoms with E-state index in [2.05, 4.69) is 4.72 Å². The van der Waals surface area contributed by atoms with Gasteiger partial charge in [-0.05, 0) is 56.3 Å². The maximum absolute atomic E-state index is 12.7. The monoisotopic (exact) mass is 525 g/mol. The summed E-state index contributed by atoms with van der Waals surface area (Å²) in [5, 5.41) is 0.0551. The van der Waals surface area contributed by atoms with Gasteiger partial charge < -0.3 is 24.0 Å². The molecule has 0 spiro atoms. The van der Waals surface area contributed by atoms with Crippen LogP contribution in [-0.2, 0) is 19.6 Å². The zero-order valence-corrected chi connectivity index (χ0v) is 21.1. The minimum Gasteiger partial charge on any atom is -0.494 e. The minimum atomic E-state index is -3.89. The highest BCUT2D eigenvalue weighted by Gasteiger charge is 2.25. The van der Waals surface area contributed by atoms with E-state index in [0.29, 0.717) is 50.8 Å². The van der Waals surface area contributed by atoms with E-state index >= 15 is 0 Å². The second kappa shape index (κ2) is 12.0. The Kier molecular flexibility index (Phi) is 9.05. The fraction of sp³-hybridized carbons (Fsp3) is 0.391. The van der Waals surface area contributed by atoms with Gasteiger partial charge >= 0.3 is 6.09 Å². The molecule has 1 aliphatic rings. The van der Waals surface area contributed by atoms with Crippen LogP contribution in [0.4, 0.5) is 10.5 Å². The van der Waals surface area contributed by atoms with Crippen molar-refractivity contribution in [3.8, 4) is 11.5 Å². The zero-order chi connectivity index (χ0) is 25.4. The Morgan fingerprint density at radius 3 is 2.20 bits per heavy atom. The number of halogens is 1. The number of hydrogen-bond donors (Lipinski definition) is 1. The maximum Gasteiger partial charge on any atom is 0.409 e. The van der Waals surface area contributed by atoms with Crippen LogP contribution in [0.15, 0.2) is 47.4 Å². The largest absolute Gasteiger partial charge is 0.494 e. The van der Waals surface area contributed by atoms with Crippen molar-refractivity contribution in [2.45, 2.75) is 18.7 Å². The predicted octanol–water partition coefficient (Wildman–Crippen LogP) is 3.22. The number of nitrogens with one attached hydrogen (secondary N) is 1. The number of carbonyl (C=O) groups is 2. The summed E-state index contributed by atoms with van der Waals surface area (Å²) < 4.78 is 43.8. The van der Waals surface area contributed by atoms with Crippen molar-refractivity contribution in [1.29, 1.82) is 0 Å². The van der Waals surface area contributed by atoms with Gasteiger partial charge in [-0.25, -0.2) is 13.2 Å². The van der Waals surface area contributed by atoms with Gasteiger partial charge in [0.2, 0.25) is 0 Å². The summed E-state index contributed by atoms with van der Waals surface area (Å²) in [6.07, 6.45) is -0.394. The van der Waals surface area contributed by atoms with Crippen molar-refractivity contribution in [3.05, 3.63) is 47.5 Å². The Morgan fingerprint density at radius 2 is 1.60 bits per heavy atom. The van der Waals surface area contributed by atoms with Crippen LogP contribution in [0.5, 0.6) is 11.5 Å². The standard InChI is InChI=1S/C23H28ClN3O7S/c1-3-32-18-7-5-17(6-8-18)25-35(30,31)19-9-10-21(20(24)15-19)34-16-22(28)26-11-13-27(14-12-26)23(29)33-4-2/h5-10,15,25H,3-4,11-14,16H2,1-2H3. The lowest BCUT2D eigenvalue weighted by Crippen LogP contribution is -2.51. The molecule has 35 heavy (non-hydrogen) atoms. The van der Waals surface area contributed by atoms with E-state index in [1.165, 1.54) is 18.2 Å². The Labute approximate surface area is 209 Å². The summed E-state index contributed by atoms with van der Waals surface area (Å²) >= 11 is 6.23. The molecular weight excluding hydrogens is 498 g/mol. The molecule has 1 N–H and O–H groups in total. The highest BCUT2D eigenvalue weighted by molar-refractivity contribution is 7.92. The SMILES string of the molecule is CCOC(=O)N1CCN(C(=O)COc2ccc(S(=O)(=O)Nc3ccc(OCC)cc3)cc2Cl)CC1. The predicted molar refractivity (Wildman–Crippen MR) is 131 cm³/mol. The smallest absolute Gasteiger partial charge is 0.409 e. The summed E-state index contributed by atoms with van der Waals surface area (Å²) in [5.74, 6) is 0.555. The van der Waals surface area contributed by atoms with Crippen molar-refractivity contribution in [2.75, 3.05) is 50.7 Å². The van der Waals surface area contributed by atoms with Crippen LogP contribution >= 0.6 is 11.6 Å². The zero-order valence-electron chi connectivity index (χ0n) is 19.5.